The minimum absolute atomic E-state index is 0.102. The lowest BCUT2D eigenvalue weighted by molar-refractivity contribution is -0.384. The number of benzene rings is 1. The topological polar surface area (TPSA) is 120 Å². The Morgan fingerprint density at radius 2 is 2.12 bits per heavy atom. The van der Waals surface area contributed by atoms with Crippen molar-refractivity contribution in [2.45, 2.75) is 32.9 Å². The van der Waals surface area contributed by atoms with Crippen molar-refractivity contribution in [2.24, 2.45) is 10.9 Å². The summed E-state index contributed by atoms with van der Waals surface area (Å²) >= 11 is 0. The van der Waals surface area contributed by atoms with Crippen LogP contribution in [0.4, 0.5) is 11.5 Å². The number of rotatable bonds is 4. The van der Waals surface area contributed by atoms with Gasteiger partial charge in [0.05, 0.1) is 17.1 Å². The molecule has 0 aliphatic carbocycles. The minimum atomic E-state index is -0.810. The van der Waals surface area contributed by atoms with E-state index in [1.54, 1.807) is 32.9 Å². The molecular weight excluding hydrogens is 340 g/mol. The average Bonchev–Trinajstić information content (AvgIpc) is 2.92. The molecule has 3 rings (SSSR count). The summed E-state index contributed by atoms with van der Waals surface area (Å²) in [5.74, 6) is -0.953. The smallest absolute Gasteiger partial charge is 0.317 e. The van der Waals surface area contributed by atoms with Gasteiger partial charge in [0.2, 0.25) is 0 Å². The lowest BCUT2D eigenvalue weighted by atomic mass is 9.88. The van der Waals surface area contributed by atoms with Crippen LogP contribution in [0.5, 0.6) is 0 Å². The van der Waals surface area contributed by atoms with Gasteiger partial charge in [-0.05, 0) is 26.3 Å². The van der Waals surface area contributed by atoms with E-state index in [-0.39, 0.29) is 17.4 Å². The standard InChI is InChI=1S/C17H18N4O5/c1-9(2)26-17(23)15-10(3)18-13-8-14(22)19-20(13)16(15)11-5-4-6-12(7-11)21(24)25/h4-9,15-16H,1-3H3,(H,19,22). The van der Waals surface area contributed by atoms with Gasteiger partial charge in [-0.25, -0.2) is 4.99 Å². The number of nitro benzene ring substituents is 1. The van der Waals surface area contributed by atoms with Crippen molar-refractivity contribution in [2.75, 3.05) is 0 Å². The summed E-state index contributed by atoms with van der Waals surface area (Å²) in [6.45, 7) is 5.15. The second-order valence-corrected chi connectivity index (χ2v) is 6.36. The number of hydrogen-bond donors (Lipinski definition) is 1. The SMILES string of the molecule is CC1=Nc2cc(=O)[nH]n2C(c2cccc([N+](=O)[O-])c2)C1C(=O)OC(C)C. The highest BCUT2D eigenvalue weighted by atomic mass is 16.6. The van der Waals surface area contributed by atoms with Crippen LogP contribution in [0.15, 0.2) is 40.1 Å². The predicted octanol–water partition coefficient (Wildman–Crippen LogP) is 2.35. The van der Waals surface area contributed by atoms with Crippen molar-refractivity contribution < 1.29 is 14.5 Å². The molecular formula is C17H18N4O5. The van der Waals surface area contributed by atoms with Gasteiger partial charge in [0, 0.05) is 23.9 Å². The Morgan fingerprint density at radius 3 is 2.77 bits per heavy atom. The Hall–Kier alpha value is -3.23. The summed E-state index contributed by atoms with van der Waals surface area (Å²) in [6.07, 6.45) is -0.328. The van der Waals surface area contributed by atoms with Crippen LogP contribution in [0, 0.1) is 16.0 Å². The Labute approximate surface area is 148 Å². The molecule has 0 bridgehead atoms. The zero-order valence-electron chi connectivity index (χ0n) is 14.5. The van der Waals surface area contributed by atoms with Gasteiger partial charge < -0.3 is 4.74 Å². The van der Waals surface area contributed by atoms with Gasteiger partial charge >= 0.3 is 5.97 Å². The Balaban J connectivity index is 2.17. The molecule has 0 fully saturated rings. The lowest BCUT2D eigenvalue weighted by Crippen LogP contribution is -2.38. The number of carbonyl (C=O) groups is 1. The number of aliphatic imine (C=N–C) groups is 1. The molecule has 0 radical (unpaired) electrons. The fraction of sp³-hybridized carbons (Fsp3) is 0.353. The van der Waals surface area contributed by atoms with E-state index >= 15 is 0 Å². The maximum Gasteiger partial charge on any atom is 0.317 e. The van der Waals surface area contributed by atoms with Crippen molar-refractivity contribution in [1.82, 2.24) is 9.78 Å². The number of esters is 1. The summed E-state index contributed by atoms with van der Waals surface area (Å²) in [5, 5.41) is 13.8. The van der Waals surface area contributed by atoms with Gasteiger partial charge in [-0.2, -0.15) is 0 Å². The third-order valence-electron chi connectivity index (χ3n) is 4.10. The Bertz CT molecular complexity index is 956. The van der Waals surface area contributed by atoms with Crippen LogP contribution in [-0.2, 0) is 9.53 Å². The highest BCUT2D eigenvalue weighted by Crippen LogP contribution is 2.37. The molecule has 9 heteroatoms. The van der Waals surface area contributed by atoms with E-state index in [4.69, 9.17) is 4.74 Å². The van der Waals surface area contributed by atoms with Crippen LogP contribution in [0.1, 0.15) is 32.4 Å². The van der Waals surface area contributed by atoms with Crippen molar-refractivity contribution in [3.8, 4) is 0 Å². The van der Waals surface area contributed by atoms with Crippen LogP contribution < -0.4 is 5.56 Å². The summed E-state index contributed by atoms with van der Waals surface area (Å²) in [5.41, 5.74) is 0.512. The molecule has 26 heavy (non-hydrogen) atoms. The van der Waals surface area contributed by atoms with Crippen LogP contribution in [0.3, 0.4) is 0 Å². The molecule has 0 saturated heterocycles. The van der Waals surface area contributed by atoms with Gasteiger partial charge in [-0.1, -0.05) is 12.1 Å². The molecule has 9 nitrogen and oxygen atoms in total. The highest BCUT2D eigenvalue weighted by molar-refractivity contribution is 6.03. The quantitative estimate of drug-likeness (QED) is 0.511. The zero-order valence-corrected chi connectivity index (χ0v) is 14.5. The zero-order chi connectivity index (χ0) is 19.0. The van der Waals surface area contributed by atoms with Crippen molar-refractivity contribution >= 4 is 23.2 Å². The molecule has 136 valence electrons. The fourth-order valence-corrected chi connectivity index (χ4v) is 3.09. The first kappa shape index (κ1) is 17.6. The van der Waals surface area contributed by atoms with Gasteiger partial charge in [-0.15, -0.1) is 0 Å². The van der Waals surface area contributed by atoms with Gasteiger partial charge in [0.15, 0.2) is 5.82 Å². The molecule has 0 spiro atoms. The molecule has 0 saturated carbocycles. The molecule has 2 aromatic rings. The molecule has 2 atom stereocenters. The second kappa shape index (κ2) is 6.58. The number of aromatic nitrogens is 2. The first-order valence-corrected chi connectivity index (χ1v) is 8.09. The molecule has 0 amide bonds. The largest absolute Gasteiger partial charge is 0.462 e. The van der Waals surface area contributed by atoms with E-state index in [0.717, 1.165) is 0 Å². The normalized spacial score (nSPS) is 19.0. The fourth-order valence-electron chi connectivity index (χ4n) is 3.09. The summed E-state index contributed by atoms with van der Waals surface area (Å²) in [4.78, 5) is 39.4. The number of carbonyl (C=O) groups excluding carboxylic acids is 1. The maximum absolute atomic E-state index is 12.7. The summed E-state index contributed by atoms with van der Waals surface area (Å²) in [7, 11) is 0. The number of H-pyrrole nitrogens is 1. The van der Waals surface area contributed by atoms with Crippen LogP contribution in [0.2, 0.25) is 0 Å². The number of nitro groups is 1. The van der Waals surface area contributed by atoms with Crippen molar-refractivity contribution in [3.63, 3.8) is 0 Å². The molecule has 1 N–H and O–H groups in total. The molecule has 1 aromatic heterocycles. The van der Waals surface area contributed by atoms with E-state index in [9.17, 15) is 19.7 Å². The number of hydrogen-bond acceptors (Lipinski definition) is 6. The van der Waals surface area contributed by atoms with Crippen LogP contribution >= 0.6 is 0 Å². The van der Waals surface area contributed by atoms with Gasteiger partial charge in [0.25, 0.3) is 11.2 Å². The van der Waals surface area contributed by atoms with E-state index < -0.39 is 22.9 Å². The molecule has 2 unspecified atom stereocenters. The van der Waals surface area contributed by atoms with E-state index in [2.05, 4.69) is 10.1 Å². The second-order valence-electron chi connectivity index (χ2n) is 6.36. The molecule has 2 heterocycles. The van der Waals surface area contributed by atoms with Gasteiger partial charge in [-0.3, -0.25) is 29.5 Å². The van der Waals surface area contributed by atoms with Crippen molar-refractivity contribution in [3.05, 3.63) is 56.4 Å². The van der Waals surface area contributed by atoms with E-state index in [1.807, 2.05) is 0 Å². The summed E-state index contributed by atoms with van der Waals surface area (Å²) < 4.78 is 6.81. The third-order valence-corrected chi connectivity index (χ3v) is 4.10. The first-order chi connectivity index (χ1) is 12.3. The number of aromatic amines is 1. The van der Waals surface area contributed by atoms with E-state index in [0.29, 0.717) is 17.1 Å². The Morgan fingerprint density at radius 1 is 1.38 bits per heavy atom. The predicted molar refractivity (Wildman–Crippen MR) is 93.8 cm³/mol. The molecule has 1 aliphatic heterocycles. The number of fused-ring (bicyclic) bond motifs is 1. The number of non-ortho nitro benzene ring substituents is 1. The third kappa shape index (κ3) is 3.15. The molecule has 1 aliphatic rings. The van der Waals surface area contributed by atoms with Crippen LogP contribution in [-0.4, -0.2) is 32.5 Å². The molecule has 1 aromatic carbocycles. The monoisotopic (exact) mass is 358 g/mol. The maximum atomic E-state index is 12.7. The van der Waals surface area contributed by atoms with E-state index in [1.165, 1.54) is 22.9 Å². The number of nitrogens with one attached hydrogen (secondary N) is 1. The van der Waals surface area contributed by atoms with Crippen LogP contribution in [0.25, 0.3) is 0 Å². The number of ether oxygens (including phenoxy) is 1. The van der Waals surface area contributed by atoms with Gasteiger partial charge in [0.1, 0.15) is 5.92 Å². The highest BCUT2D eigenvalue weighted by Gasteiger charge is 2.40. The first-order valence-electron chi connectivity index (χ1n) is 8.09. The number of nitrogens with zero attached hydrogens (tertiary/aromatic N) is 3. The minimum Gasteiger partial charge on any atom is -0.462 e. The van der Waals surface area contributed by atoms with Crippen molar-refractivity contribution in [1.29, 1.82) is 0 Å². The average molecular weight is 358 g/mol. The summed E-state index contributed by atoms with van der Waals surface area (Å²) in [6, 6.07) is 6.60. The Kier molecular flexibility index (Phi) is 4.45. The lowest BCUT2D eigenvalue weighted by Gasteiger charge is -2.31.